The van der Waals surface area contributed by atoms with Gasteiger partial charge in [-0.25, -0.2) is 19.6 Å². The van der Waals surface area contributed by atoms with Crippen LogP contribution in [0.1, 0.15) is 79.1 Å². The number of amides is 2. The quantitative estimate of drug-likeness (QED) is 0.0219. The molecule has 18 heteroatoms. The van der Waals surface area contributed by atoms with E-state index in [0.29, 0.717) is 31.7 Å². The Morgan fingerprint density at radius 2 is 1.31 bits per heavy atom. The Bertz CT molecular complexity index is 3370. The van der Waals surface area contributed by atoms with E-state index in [9.17, 15) is 18.9 Å². The Kier molecular flexibility index (Phi) is 15.2. The lowest BCUT2D eigenvalue weighted by Crippen LogP contribution is -2.75. The van der Waals surface area contributed by atoms with E-state index in [2.05, 4.69) is 25.8 Å². The molecular formula is C60H53N7O8S3. The minimum atomic E-state index is -1.90. The highest BCUT2D eigenvalue weighted by Gasteiger charge is 2.62. The molecule has 0 radical (unpaired) electrons. The number of pyridine rings is 1. The fraction of sp³-hybridized carbons (Fsp3) is 0.200. The third kappa shape index (κ3) is 11.0. The van der Waals surface area contributed by atoms with E-state index in [0.717, 1.165) is 27.2 Å². The predicted molar refractivity (Wildman–Crippen MR) is 301 cm³/mol. The normalized spacial score (nSPS) is 16.7. The van der Waals surface area contributed by atoms with E-state index in [1.165, 1.54) is 36.5 Å². The molecule has 2 N–H and O–H groups in total. The Hall–Kier alpha value is -8.29. The summed E-state index contributed by atoms with van der Waals surface area (Å²) in [6.07, 6.45) is 3.97. The van der Waals surface area contributed by atoms with Crippen molar-refractivity contribution in [3.63, 3.8) is 0 Å². The summed E-state index contributed by atoms with van der Waals surface area (Å²) in [5.41, 5.74) is 1.09. The summed E-state index contributed by atoms with van der Waals surface area (Å²) in [4.78, 5) is 79.5. The molecule has 2 aliphatic heterocycles. The van der Waals surface area contributed by atoms with Crippen LogP contribution in [0.2, 0.25) is 0 Å². The molecule has 2 amide bonds. The number of rotatable bonds is 17. The predicted octanol–water partition coefficient (Wildman–Crippen LogP) is 10.1. The lowest BCUT2D eigenvalue weighted by atomic mass is 9.77. The molecule has 0 spiro atoms. The van der Waals surface area contributed by atoms with Gasteiger partial charge in [0.2, 0.25) is 11.0 Å². The van der Waals surface area contributed by atoms with Crippen molar-refractivity contribution >= 4 is 74.0 Å². The highest BCUT2D eigenvalue weighted by Crippen LogP contribution is 2.44. The van der Waals surface area contributed by atoms with Gasteiger partial charge < -0.3 is 29.5 Å². The average molecular weight is 1100 g/mol. The fourth-order valence-electron chi connectivity index (χ4n) is 9.14. The second kappa shape index (κ2) is 22.4. The summed E-state index contributed by atoms with van der Waals surface area (Å²) >= 11 is 0.559. The first-order valence-electron chi connectivity index (χ1n) is 24.9. The van der Waals surface area contributed by atoms with Crippen LogP contribution in [0.15, 0.2) is 199 Å². The van der Waals surface area contributed by atoms with Crippen molar-refractivity contribution < 1.29 is 38.0 Å². The largest absolute Gasteiger partial charge is 0.614 e. The van der Waals surface area contributed by atoms with Crippen molar-refractivity contribution in [2.24, 2.45) is 5.16 Å². The second-order valence-corrected chi connectivity index (χ2v) is 23.3. The maximum absolute atomic E-state index is 15.0. The van der Waals surface area contributed by atoms with Gasteiger partial charge in [-0.05, 0) is 85.7 Å². The molecule has 5 aromatic carbocycles. The van der Waals surface area contributed by atoms with E-state index in [1.54, 1.807) is 56.9 Å². The minimum Gasteiger partial charge on any atom is -0.614 e. The molecule has 0 aliphatic carbocycles. The van der Waals surface area contributed by atoms with E-state index in [-0.39, 0.29) is 17.1 Å². The van der Waals surface area contributed by atoms with Gasteiger partial charge in [0.15, 0.2) is 23.0 Å². The van der Waals surface area contributed by atoms with Crippen LogP contribution in [0.3, 0.4) is 0 Å². The zero-order valence-corrected chi connectivity index (χ0v) is 45.5. The zero-order chi connectivity index (χ0) is 54.6. The first-order chi connectivity index (χ1) is 37.6. The molecule has 0 saturated carbocycles. The van der Waals surface area contributed by atoms with Gasteiger partial charge in [0, 0.05) is 29.5 Å². The zero-order valence-electron chi connectivity index (χ0n) is 43.1. The van der Waals surface area contributed by atoms with Gasteiger partial charge in [-0.2, -0.15) is 0 Å². The van der Waals surface area contributed by atoms with Gasteiger partial charge >= 0.3 is 11.9 Å². The summed E-state index contributed by atoms with van der Waals surface area (Å²) in [5.74, 6) is -3.45. The summed E-state index contributed by atoms with van der Waals surface area (Å²) in [6, 6.07) is 50.3. The lowest BCUT2D eigenvalue weighted by molar-refractivity contribution is -0.179. The fourth-order valence-corrected chi connectivity index (χ4v) is 12.6. The molecule has 1 fully saturated rings. The molecule has 3 unspecified atom stereocenters. The first kappa shape index (κ1) is 53.1. The molecule has 3 atom stereocenters. The molecule has 3 aromatic heterocycles. The van der Waals surface area contributed by atoms with Crippen LogP contribution in [0.4, 0.5) is 5.13 Å². The van der Waals surface area contributed by atoms with Crippen LogP contribution >= 0.6 is 22.7 Å². The molecule has 8 aromatic rings. The summed E-state index contributed by atoms with van der Waals surface area (Å²) in [6.45, 7) is 8.05. The topological polar surface area (TPSA) is 197 Å². The third-order valence-corrected chi connectivity index (χ3v) is 16.4. The number of hydrogen-bond acceptors (Lipinski definition) is 15. The third-order valence-electron chi connectivity index (χ3n) is 12.9. The minimum absolute atomic E-state index is 0.0333. The van der Waals surface area contributed by atoms with Crippen molar-refractivity contribution in [2.45, 2.75) is 68.9 Å². The highest BCUT2D eigenvalue weighted by atomic mass is 32.2. The molecule has 5 heterocycles. The lowest BCUT2D eigenvalue weighted by Gasteiger charge is -2.49. The number of β-lactam (4-membered cyclic amide) rings is 1. The molecule has 15 nitrogen and oxygen atoms in total. The van der Waals surface area contributed by atoms with E-state index >= 15 is 4.79 Å². The van der Waals surface area contributed by atoms with Crippen molar-refractivity contribution in [1.82, 2.24) is 25.2 Å². The average Bonchev–Trinajstić information content (AvgIpc) is 4.18. The summed E-state index contributed by atoms with van der Waals surface area (Å²) in [5, 5.41) is 12.2. The molecular weight excluding hydrogens is 1040 g/mol. The van der Waals surface area contributed by atoms with Crippen LogP contribution < -0.4 is 10.6 Å². The number of hydrogen-bond donors (Lipinski definition) is 2. The number of nitrogens with one attached hydrogen (secondary N) is 2. The Balaban J connectivity index is 1.01. The maximum atomic E-state index is 15.0. The number of oxime groups is 1. The van der Waals surface area contributed by atoms with Crippen LogP contribution in [0.5, 0.6) is 0 Å². The number of carbonyl (C=O) groups excluding carboxylic acids is 4. The SMILES string of the molecule is CC(C)(C)OC(=O)C(C)(C)O/N=C(/C(=O)NC1C(=O)N2C(C(=O)OC(c3ccccc3)c3ccccc3)=C(c3cnc(-c4ccncc4)s3)C[S+]([O-])C12)c1csc(NC(c2ccccc2)(c2ccccc2)c2ccccc2)n1. The van der Waals surface area contributed by atoms with Gasteiger partial charge in [-0.3, -0.25) is 19.5 Å². The van der Waals surface area contributed by atoms with Gasteiger partial charge in [-0.15, -0.1) is 22.7 Å². The molecule has 394 valence electrons. The van der Waals surface area contributed by atoms with Gasteiger partial charge in [0.1, 0.15) is 33.3 Å². The number of fused-ring (bicyclic) bond motifs is 1. The van der Waals surface area contributed by atoms with E-state index in [4.69, 9.17) is 19.3 Å². The number of benzene rings is 5. The van der Waals surface area contributed by atoms with Crippen LogP contribution in [-0.4, -0.2) is 82.2 Å². The Morgan fingerprint density at radius 3 is 1.85 bits per heavy atom. The van der Waals surface area contributed by atoms with Crippen molar-refractivity contribution in [2.75, 3.05) is 11.1 Å². The standard InChI is InChI=1S/C60H53N7O8S3/c1-58(2,3)74-56(71)59(4,5)75-66-47(45-36-76-57(63-45)65-60(41-25-15-8-16-26-41,42-27-17-9-18-28-42)43-29-19-10-20-30-43)51(68)64-48-53(69)67-49(55(70)73-50(38-21-11-6-12-22-38)39-23-13-7-14-24-39)44(37-78(72)54(48)67)46-35-62-52(77-46)40-31-33-61-34-32-40/h6-36,48,50,54H,37H2,1-5H3,(H,63,65)(H,64,68)/b66-47+. The van der Waals surface area contributed by atoms with Gasteiger partial charge in [0.05, 0.1) is 10.5 Å². The van der Waals surface area contributed by atoms with E-state index < -0.39 is 74.9 Å². The molecule has 1 saturated heterocycles. The molecule has 2 aliphatic rings. The van der Waals surface area contributed by atoms with Crippen LogP contribution in [0, 0.1) is 0 Å². The van der Waals surface area contributed by atoms with E-state index in [1.807, 2.05) is 152 Å². The Labute approximate surface area is 462 Å². The van der Waals surface area contributed by atoms with Gasteiger partial charge in [-0.1, -0.05) is 157 Å². The molecule has 78 heavy (non-hydrogen) atoms. The summed E-state index contributed by atoms with van der Waals surface area (Å²) in [7, 11) is 0. The number of anilines is 1. The number of esters is 2. The highest BCUT2D eigenvalue weighted by molar-refractivity contribution is 7.92. The smallest absolute Gasteiger partial charge is 0.356 e. The van der Waals surface area contributed by atoms with Crippen LogP contribution in [-0.2, 0) is 50.2 Å². The Morgan fingerprint density at radius 1 is 0.769 bits per heavy atom. The monoisotopic (exact) mass is 1100 g/mol. The summed E-state index contributed by atoms with van der Waals surface area (Å²) < 4.78 is 26.7. The van der Waals surface area contributed by atoms with Crippen molar-refractivity contribution in [3.8, 4) is 10.6 Å². The molecule has 0 bridgehead atoms. The number of thiazole rings is 2. The van der Waals surface area contributed by atoms with Gasteiger partial charge in [0.25, 0.3) is 11.8 Å². The number of aromatic nitrogens is 3. The number of ether oxygens (including phenoxy) is 2. The van der Waals surface area contributed by atoms with Crippen LogP contribution in [0.25, 0.3) is 16.1 Å². The molecule has 10 rings (SSSR count). The maximum Gasteiger partial charge on any atom is 0.356 e. The first-order valence-corrected chi connectivity index (χ1v) is 28.0. The number of nitrogens with zero attached hydrogens (tertiary/aromatic N) is 5. The second-order valence-electron chi connectivity index (χ2n) is 19.8. The van der Waals surface area contributed by atoms with Crippen molar-refractivity contribution in [3.05, 3.63) is 232 Å². The van der Waals surface area contributed by atoms with Crippen molar-refractivity contribution in [1.29, 1.82) is 0 Å². The number of carbonyl (C=O) groups is 4.